The van der Waals surface area contributed by atoms with E-state index in [2.05, 4.69) is 29.3 Å². The lowest BCUT2D eigenvalue weighted by molar-refractivity contribution is 0.626. The van der Waals surface area contributed by atoms with E-state index in [9.17, 15) is 0 Å². The smallest absolute Gasteiger partial charge is 0.0708 e. The second kappa shape index (κ2) is 2.41. The van der Waals surface area contributed by atoms with Crippen molar-refractivity contribution in [2.24, 2.45) is 5.92 Å². The molecule has 0 bridgehead atoms. The van der Waals surface area contributed by atoms with Gasteiger partial charge in [-0.25, -0.2) is 0 Å². The highest BCUT2D eigenvalue weighted by Gasteiger charge is 2.24. The van der Waals surface area contributed by atoms with E-state index >= 15 is 0 Å². The second-order valence-electron chi connectivity index (χ2n) is 2.80. The summed E-state index contributed by atoms with van der Waals surface area (Å²) in [5.74, 6) is 0.638. The van der Waals surface area contributed by atoms with Gasteiger partial charge in [-0.05, 0) is 6.42 Å². The van der Waals surface area contributed by atoms with E-state index in [1.54, 1.807) is 0 Å². The molecule has 2 aliphatic rings. The first-order valence-corrected chi connectivity index (χ1v) is 3.86. The van der Waals surface area contributed by atoms with Gasteiger partial charge < -0.3 is 0 Å². The fourth-order valence-corrected chi connectivity index (χ4v) is 1.51. The molecule has 0 amide bonds. The first-order valence-electron chi connectivity index (χ1n) is 3.86. The number of aliphatic imine (C=N–C) groups is 1. The molecule has 10 heavy (non-hydrogen) atoms. The van der Waals surface area contributed by atoms with Gasteiger partial charge >= 0.3 is 0 Å². The lowest BCUT2D eigenvalue weighted by atomic mass is 9.91. The second-order valence-corrected chi connectivity index (χ2v) is 2.80. The van der Waals surface area contributed by atoms with Crippen molar-refractivity contribution in [3.8, 4) is 0 Å². The third-order valence-corrected chi connectivity index (χ3v) is 2.07. The maximum Gasteiger partial charge on any atom is 0.253 e. The van der Waals surface area contributed by atoms with Crippen LogP contribution in [0.15, 0.2) is 24.3 Å². The lowest BCUT2D eigenvalue weighted by Crippen LogP contribution is -2.23. The van der Waals surface area contributed by atoms with Crippen LogP contribution in [0.2, 0.25) is 0 Å². The standard InChI is InChI=1S/C9H11N/c1-2-6-9-8(4-1)5-3-7-10-9/h1-2,4,6,8H,3,5,7H2/q+1. The van der Waals surface area contributed by atoms with E-state index in [0.29, 0.717) is 5.92 Å². The summed E-state index contributed by atoms with van der Waals surface area (Å²) in [5, 5.41) is 0. The van der Waals surface area contributed by atoms with Crippen molar-refractivity contribution in [1.82, 2.24) is 4.99 Å². The van der Waals surface area contributed by atoms with Gasteiger partial charge in [0.1, 0.15) is 0 Å². The van der Waals surface area contributed by atoms with E-state index in [1.165, 1.54) is 18.6 Å². The molecular formula is C9H11N+. The van der Waals surface area contributed by atoms with Gasteiger partial charge in [-0.15, -0.1) is 0 Å². The van der Waals surface area contributed by atoms with Crippen LogP contribution in [0.5, 0.6) is 0 Å². The average molecular weight is 133 g/mol. The van der Waals surface area contributed by atoms with Gasteiger partial charge in [0.25, 0.3) is 5.71 Å². The fraction of sp³-hybridized carbons (Fsp3) is 0.444. The number of allylic oxidation sites excluding steroid dienone is 4. The summed E-state index contributed by atoms with van der Waals surface area (Å²) in [5.41, 5.74) is 1.29. The molecule has 0 saturated heterocycles. The van der Waals surface area contributed by atoms with E-state index < -0.39 is 0 Å². The summed E-state index contributed by atoms with van der Waals surface area (Å²) in [4.78, 5) is 4.43. The number of hydrogen-bond donors (Lipinski definition) is 0. The number of rotatable bonds is 0. The molecule has 2 rings (SSSR count). The van der Waals surface area contributed by atoms with Crippen LogP contribution in [0.25, 0.3) is 0 Å². The Balaban J connectivity index is 2.27. The quantitative estimate of drug-likeness (QED) is 0.473. The zero-order valence-corrected chi connectivity index (χ0v) is 5.96. The summed E-state index contributed by atoms with van der Waals surface area (Å²) in [6, 6.07) is 0. The predicted molar refractivity (Wildman–Crippen MR) is 43.0 cm³/mol. The van der Waals surface area contributed by atoms with Crippen molar-refractivity contribution in [3.05, 3.63) is 24.3 Å². The minimum Gasteiger partial charge on any atom is -0.0708 e. The predicted octanol–water partition coefficient (Wildman–Crippen LogP) is 1.30. The Hall–Kier alpha value is -0.850. The molecule has 0 aromatic heterocycles. The zero-order valence-electron chi connectivity index (χ0n) is 5.96. The molecule has 0 N–H and O–H groups in total. The molecule has 1 heteroatoms. The fourth-order valence-electron chi connectivity index (χ4n) is 1.51. The monoisotopic (exact) mass is 133 g/mol. The highest BCUT2D eigenvalue weighted by Crippen LogP contribution is 2.16. The molecule has 1 atom stereocenters. The Morgan fingerprint density at radius 1 is 1.40 bits per heavy atom. The third-order valence-electron chi connectivity index (χ3n) is 2.07. The molecule has 0 spiro atoms. The summed E-state index contributed by atoms with van der Waals surface area (Å²) < 4.78 is 0. The molecular weight excluding hydrogens is 122 g/mol. The molecule has 1 heterocycles. The van der Waals surface area contributed by atoms with Gasteiger partial charge in [0.05, 0.1) is 5.92 Å². The molecule has 1 unspecified atom stereocenters. The zero-order chi connectivity index (χ0) is 6.81. The molecule has 1 aliphatic carbocycles. The van der Waals surface area contributed by atoms with Gasteiger partial charge in [0.15, 0.2) is 0 Å². The Bertz CT molecular complexity index is 211. The molecule has 1 aliphatic heterocycles. The number of fused-ring (bicyclic) bond motifs is 1. The van der Waals surface area contributed by atoms with Crippen molar-refractivity contribution in [3.63, 3.8) is 0 Å². The molecule has 1 nitrogen and oxygen atoms in total. The highest BCUT2D eigenvalue weighted by atomic mass is 14.7. The van der Waals surface area contributed by atoms with Gasteiger partial charge in [-0.2, -0.15) is 0 Å². The van der Waals surface area contributed by atoms with Crippen molar-refractivity contribution in [2.75, 3.05) is 6.54 Å². The Kier molecular flexibility index (Phi) is 1.42. The van der Waals surface area contributed by atoms with Crippen molar-refractivity contribution < 1.29 is 0 Å². The highest BCUT2D eigenvalue weighted by molar-refractivity contribution is 5.98. The first kappa shape index (κ1) is 5.90. The summed E-state index contributed by atoms with van der Waals surface area (Å²) in [6.07, 6.45) is 11.1. The van der Waals surface area contributed by atoms with Crippen LogP contribution in [0, 0.1) is 5.92 Å². The molecule has 0 fully saturated rings. The molecule has 0 aromatic carbocycles. The Morgan fingerprint density at radius 3 is 3.30 bits per heavy atom. The van der Waals surface area contributed by atoms with Crippen LogP contribution in [-0.4, -0.2) is 12.3 Å². The van der Waals surface area contributed by atoms with E-state index in [4.69, 9.17) is 0 Å². The van der Waals surface area contributed by atoms with E-state index in [1.807, 2.05) is 0 Å². The maximum absolute atomic E-state index is 4.43. The third kappa shape index (κ3) is 0.919. The molecule has 1 radical (unpaired) electrons. The average Bonchev–Trinajstić information content (AvgIpc) is 2.05. The van der Waals surface area contributed by atoms with Gasteiger partial charge in [-0.1, -0.05) is 18.2 Å². The van der Waals surface area contributed by atoms with Crippen LogP contribution in [0.1, 0.15) is 12.8 Å². The SMILES string of the molecule is C1=CC2=[N+]CCCC2C=C1. The van der Waals surface area contributed by atoms with Crippen LogP contribution >= 0.6 is 0 Å². The summed E-state index contributed by atoms with van der Waals surface area (Å²) >= 11 is 0. The van der Waals surface area contributed by atoms with Crippen LogP contribution in [-0.2, 0) is 0 Å². The Labute approximate surface area is 61.2 Å². The summed E-state index contributed by atoms with van der Waals surface area (Å²) in [7, 11) is 0. The topological polar surface area (TPSA) is 14.1 Å². The molecule has 0 aromatic rings. The molecule has 51 valence electrons. The van der Waals surface area contributed by atoms with Gasteiger partial charge in [0.2, 0.25) is 6.54 Å². The van der Waals surface area contributed by atoms with Crippen LogP contribution in [0.3, 0.4) is 0 Å². The minimum absolute atomic E-state index is 0.638. The van der Waals surface area contributed by atoms with Gasteiger partial charge in [0, 0.05) is 17.5 Å². The van der Waals surface area contributed by atoms with Crippen molar-refractivity contribution >= 4 is 5.71 Å². The Morgan fingerprint density at radius 2 is 2.40 bits per heavy atom. The number of hydrogen-bond acceptors (Lipinski definition) is 1. The summed E-state index contributed by atoms with van der Waals surface area (Å²) in [6.45, 7) is 1.03. The minimum atomic E-state index is 0.638. The van der Waals surface area contributed by atoms with E-state index in [0.717, 1.165) is 6.54 Å². The molecule has 0 saturated carbocycles. The largest absolute Gasteiger partial charge is 0.253 e. The van der Waals surface area contributed by atoms with Crippen molar-refractivity contribution in [1.29, 1.82) is 0 Å². The lowest BCUT2D eigenvalue weighted by Gasteiger charge is -2.10. The maximum atomic E-state index is 4.43. The van der Waals surface area contributed by atoms with Crippen molar-refractivity contribution in [2.45, 2.75) is 12.8 Å². The first-order chi connectivity index (χ1) is 4.97. The van der Waals surface area contributed by atoms with E-state index in [-0.39, 0.29) is 0 Å². The van der Waals surface area contributed by atoms with Crippen LogP contribution in [0.4, 0.5) is 0 Å². The van der Waals surface area contributed by atoms with Crippen LogP contribution < -0.4 is 4.99 Å². The normalized spacial score (nSPS) is 29.6. The van der Waals surface area contributed by atoms with Gasteiger partial charge in [-0.3, -0.25) is 0 Å². The number of nitrogens with zero attached hydrogens (tertiary/aromatic N) is 1.